The second-order valence-corrected chi connectivity index (χ2v) is 6.78. The Morgan fingerprint density at radius 3 is 2.71 bits per heavy atom. The maximum absolute atomic E-state index is 5.91. The van der Waals surface area contributed by atoms with Crippen molar-refractivity contribution in [3.63, 3.8) is 0 Å². The van der Waals surface area contributed by atoms with Crippen LogP contribution in [0.5, 0.6) is 5.75 Å². The van der Waals surface area contributed by atoms with Crippen LogP contribution in [0, 0.1) is 0 Å². The Kier molecular flexibility index (Phi) is 5.26. The average Bonchev–Trinajstić information content (AvgIpc) is 3.04. The van der Waals surface area contributed by atoms with Gasteiger partial charge < -0.3 is 9.30 Å². The molecule has 4 aromatic rings. The number of hydrazone groups is 1. The van der Waals surface area contributed by atoms with Crippen LogP contribution in [0.4, 0.5) is 5.95 Å². The Morgan fingerprint density at radius 1 is 1.07 bits per heavy atom. The monoisotopic (exact) mass is 390 g/mol. The van der Waals surface area contributed by atoms with Crippen molar-refractivity contribution in [3.05, 3.63) is 88.9 Å². The molecule has 0 fully saturated rings. The van der Waals surface area contributed by atoms with Crippen LogP contribution < -0.4 is 10.2 Å². The fourth-order valence-electron chi connectivity index (χ4n) is 2.84. The molecule has 6 heteroatoms. The predicted molar refractivity (Wildman–Crippen MR) is 114 cm³/mol. The van der Waals surface area contributed by atoms with E-state index in [4.69, 9.17) is 16.3 Å². The molecule has 140 valence electrons. The third-order valence-corrected chi connectivity index (χ3v) is 4.59. The number of benzene rings is 3. The second kappa shape index (κ2) is 8.15. The lowest BCUT2D eigenvalue weighted by Crippen LogP contribution is -1.99. The quantitative estimate of drug-likeness (QED) is 0.361. The van der Waals surface area contributed by atoms with Gasteiger partial charge in [0.05, 0.1) is 17.2 Å². The number of imidazole rings is 1. The maximum atomic E-state index is 5.91. The SMILES string of the molecule is Cn1c(N/N=C\c2cccc(OCc3ccc(Cl)cc3)c2)nc2ccccc21. The van der Waals surface area contributed by atoms with Gasteiger partial charge in [0.15, 0.2) is 0 Å². The molecule has 0 spiro atoms. The van der Waals surface area contributed by atoms with Crippen LogP contribution in [-0.4, -0.2) is 15.8 Å². The van der Waals surface area contributed by atoms with E-state index in [1.807, 2.05) is 84.4 Å². The minimum absolute atomic E-state index is 0.482. The predicted octanol–water partition coefficient (Wildman–Crippen LogP) is 5.25. The first kappa shape index (κ1) is 18.1. The van der Waals surface area contributed by atoms with E-state index in [0.29, 0.717) is 12.6 Å². The van der Waals surface area contributed by atoms with Gasteiger partial charge in [-0.15, -0.1) is 0 Å². The highest BCUT2D eigenvalue weighted by atomic mass is 35.5. The topological polar surface area (TPSA) is 51.4 Å². The van der Waals surface area contributed by atoms with Crippen molar-refractivity contribution in [2.45, 2.75) is 6.61 Å². The summed E-state index contributed by atoms with van der Waals surface area (Å²) in [5.74, 6) is 1.47. The zero-order valence-corrected chi connectivity index (χ0v) is 16.1. The lowest BCUT2D eigenvalue weighted by molar-refractivity contribution is 0.306. The van der Waals surface area contributed by atoms with Crippen molar-refractivity contribution >= 4 is 34.8 Å². The van der Waals surface area contributed by atoms with Gasteiger partial charge in [-0.3, -0.25) is 0 Å². The summed E-state index contributed by atoms with van der Waals surface area (Å²) >= 11 is 5.91. The number of halogens is 1. The molecule has 0 radical (unpaired) electrons. The van der Waals surface area contributed by atoms with Crippen molar-refractivity contribution in [2.24, 2.45) is 12.1 Å². The number of ether oxygens (including phenoxy) is 1. The zero-order valence-electron chi connectivity index (χ0n) is 15.3. The largest absolute Gasteiger partial charge is 0.489 e. The standard InChI is InChI=1S/C22H19ClN4O/c1-27-21-8-3-2-7-20(21)25-22(27)26-24-14-17-5-4-6-19(13-17)28-15-16-9-11-18(23)12-10-16/h2-14H,15H2,1H3,(H,25,26)/b24-14-. The van der Waals surface area contributed by atoms with E-state index in [2.05, 4.69) is 15.5 Å². The van der Waals surface area contributed by atoms with Crippen molar-refractivity contribution in [1.82, 2.24) is 9.55 Å². The van der Waals surface area contributed by atoms with Gasteiger partial charge in [-0.2, -0.15) is 5.10 Å². The highest BCUT2D eigenvalue weighted by Gasteiger charge is 2.05. The van der Waals surface area contributed by atoms with E-state index in [0.717, 1.165) is 32.9 Å². The summed E-state index contributed by atoms with van der Waals surface area (Å²) in [7, 11) is 1.96. The molecule has 0 saturated heterocycles. The summed E-state index contributed by atoms with van der Waals surface area (Å²) in [5.41, 5.74) is 6.98. The first-order valence-corrected chi connectivity index (χ1v) is 9.25. The molecule has 3 aromatic carbocycles. The van der Waals surface area contributed by atoms with Crippen LogP contribution in [-0.2, 0) is 13.7 Å². The van der Waals surface area contributed by atoms with Gasteiger partial charge in [-0.05, 0) is 47.5 Å². The maximum Gasteiger partial charge on any atom is 0.224 e. The molecule has 1 heterocycles. The molecule has 0 amide bonds. The number of aryl methyl sites for hydroxylation is 1. The van der Waals surface area contributed by atoms with Crippen molar-refractivity contribution in [1.29, 1.82) is 0 Å². The van der Waals surface area contributed by atoms with Crippen LogP contribution in [0.15, 0.2) is 77.9 Å². The Balaban J connectivity index is 1.41. The van der Waals surface area contributed by atoms with Gasteiger partial charge in [0, 0.05) is 12.1 Å². The van der Waals surface area contributed by atoms with Crippen molar-refractivity contribution in [3.8, 4) is 5.75 Å². The van der Waals surface area contributed by atoms with Gasteiger partial charge in [-0.25, -0.2) is 10.4 Å². The molecule has 0 aliphatic carbocycles. The first-order valence-electron chi connectivity index (χ1n) is 8.87. The highest BCUT2D eigenvalue weighted by Crippen LogP contribution is 2.18. The van der Waals surface area contributed by atoms with E-state index < -0.39 is 0 Å². The van der Waals surface area contributed by atoms with E-state index in [1.165, 1.54) is 0 Å². The molecule has 5 nitrogen and oxygen atoms in total. The second-order valence-electron chi connectivity index (χ2n) is 6.34. The van der Waals surface area contributed by atoms with Crippen LogP contribution in [0.25, 0.3) is 11.0 Å². The van der Waals surface area contributed by atoms with E-state index in [1.54, 1.807) is 6.21 Å². The molecule has 0 atom stereocenters. The zero-order chi connectivity index (χ0) is 19.3. The van der Waals surface area contributed by atoms with Crippen LogP contribution in [0.2, 0.25) is 5.02 Å². The summed E-state index contributed by atoms with van der Waals surface area (Å²) in [6.07, 6.45) is 1.74. The highest BCUT2D eigenvalue weighted by molar-refractivity contribution is 6.30. The minimum atomic E-state index is 0.482. The third kappa shape index (κ3) is 4.15. The lowest BCUT2D eigenvalue weighted by Gasteiger charge is -2.07. The molecular formula is C22H19ClN4O. The lowest BCUT2D eigenvalue weighted by atomic mass is 10.2. The summed E-state index contributed by atoms with van der Waals surface area (Å²) in [6.45, 7) is 0.482. The van der Waals surface area contributed by atoms with E-state index in [9.17, 15) is 0 Å². The van der Waals surface area contributed by atoms with Gasteiger partial charge in [0.25, 0.3) is 0 Å². The Labute approximate surface area is 168 Å². The molecule has 0 aliphatic rings. The van der Waals surface area contributed by atoms with Gasteiger partial charge >= 0.3 is 0 Å². The molecule has 0 saturated carbocycles. The minimum Gasteiger partial charge on any atom is -0.489 e. The number of nitrogens with zero attached hydrogens (tertiary/aromatic N) is 3. The number of nitrogens with one attached hydrogen (secondary N) is 1. The van der Waals surface area contributed by atoms with E-state index >= 15 is 0 Å². The number of hydrogen-bond donors (Lipinski definition) is 1. The van der Waals surface area contributed by atoms with Crippen LogP contribution in [0.3, 0.4) is 0 Å². The molecule has 0 aliphatic heterocycles. The fraction of sp³-hybridized carbons (Fsp3) is 0.0909. The molecule has 1 aromatic heterocycles. The number of rotatable bonds is 6. The number of hydrogen-bond acceptors (Lipinski definition) is 4. The molecule has 0 bridgehead atoms. The number of anilines is 1. The molecular weight excluding hydrogens is 372 g/mol. The summed E-state index contributed by atoms with van der Waals surface area (Å²) < 4.78 is 7.83. The van der Waals surface area contributed by atoms with Crippen LogP contribution in [0.1, 0.15) is 11.1 Å². The average molecular weight is 391 g/mol. The van der Waals surface area contributed by atoms with Gasteiger partial charge in [0.1, 0.15) is 12.4 Å². The smallest absolute Gasteiger partial charge is 0.224 e. The molecule has 4 rings (SSSR count). The molecule has 0 unspecified atom stereocenters. The molecule has 1 N–H and O–H groups in total. The summed E-state index contributed by atoms with van der Waals surface area (Å²) in [6, 6.07) is 23.4. The number of fused-ring (bicyclic) bond motifs is 1. The number of aromatic nitrogens is 2. The van der Waals surface area contributed by atoms with Crippen molar-refractivity contribution < 1.29 is 4.74 Å². The summed E-state index contributed by atoms with van der Waals surface area (Å²) in [4.78, 5) is 4.53. The Morgan fingerprint density at radius 2 is 1.89 bits per heavy atom. The molecule has 28 heavy (non-hydrogen) atoms. The summed E-state index contributed by atoms with van der Waals surface area (Å²) in [5, 5.41) is 5.03. The first-order chi connectivity index (χ1) is 13.7. The van der Waals surface area contributed by atoms with Crippen LogP contribution >= 0.6 is 11.6 Å². The fourth-order valence-corrected chi connectivity index (χ4v) is 2.97. The normalized spacial score (nSPS) is 11.2. The Bertz CT molecular complexity index is 1120. The van der Waals surface area contributed by atoms with E-state index in [-0.39, 0.29) is 0 Å². The third-order valence-electron chi connectivity index (χ3n) is 4.34. The number of para-hydroxylation sites is 2. The van der Waals surface area contributed by atoms with Crippen molar-refractivity contribution in [2.75, 3.05) is 5.43 Å². The van der Waals surface area contributed by atoms with Gasteiger partial charge in [-0.1, -0.05) is 48.0 Å². The Hall–Kier alpha value is -3.31. The van der Waals surface area contributed by atoms with Gasteiger partial charge in [0.2, 0.25) is 5.95 Å².